The monoisotopic (exact) mass is 374 g/mol. The van der Waals surface area contributed by atoms with Gasteiger partial charge in [-0.05, 0) is 56.3 Å². The van der Waals surface area contributed by atoms with Crippen molar-refractivity contribution in [2.45, 2.75) is 89.6 Å². The largest absolute Gasteiger partial charge is 0.336 e. The van der Waals surface area contributed by atoms with Crippen molar-refractivity contribution >= 4 is 11.9 Å². The fourth-order valence-corrected chi connectivity index (χ4v) is 4.64. The fraction of sp³-hybridized carbons (Fsp3) is 0.857. The molecule has 27 heavy (non-hydrogen) atoms. The summed E-state index contributed by atoms with van der Waals surface area (Å²) in [6.45, 7) is 5.64. The van der Waals surface area contributed by atoms with E-state index in [2.05, 4.69) is 16.7 Å². The Morgan fingerprint density at radius 3 is 2.19 bits per heavy atom. The summed E-state index contributed by atoms with van der Waals surface area (Å²) in [7, 11) is 0. The van der Waals surface area contributed by atoms with Crippen molar-refractivity contribution in [3.63, 3.8) is 0 Å². The van der Waals surface area contributed by atoms with Gasteiger partial charge in [0.05, 0.1) is 6.07 Å². The van der Waals surface area contributed by atoms with Crippen molar-refractivity contribution in [3.05, 3.63) is 0 Å². The second kappa shape index (κ2) is 8.08. The topological polar surface area (TPSA) is 85.2 Å². The molecule has 6 heteroatoms. The van der Waals surface area contributed by atoms with Crippen LogP contribution in [0.15, 0.2) is 0 Å². The molecule has 3 aliphatic rings. The van der Waals surface area contributed by atoms with Gasteiger partial charge in [-0.15, -0.1) is 0 Å². The molecule has 2 N–H and O–H groups in total. The number of nitriles is 1. The predicted molar refractivity (Wildman–Crippen MR) is 104 cm³/mol. The van der Waals surface area contributed by atoms with Crippen LogP contribution >= 0.6 is 0 Å². The first-order valence-electron chi connectivity index (χ1n) is 10.7. The number of carbonyl (C=O) groups excluding carboxylic acids is 2. The number of rotatable bonds is 5. The Morgan fingerprint density at radius 2 is 1.67 bits per heavy atom. The lowest BCUT2D eigenvalue weighted by atomic mass is 9.68. The lowest BCUT2D eigenvalue weighted by Crippen LogP contribution is -2.55. The summed E-state index contributed by atoms with van der Waals surface area (Å²) in [6.07, 6.45) is 10.7. The normalized spacial score (nSPS) is 24.1. The highest BCUT2D eigenvalue weighted by molar-refractivity contribution is 5.88. The SMILES string of the molecule is CC(C)CC(NC(=O)N1CCC2(CCCCC2)CC1)C(=O)NC1(C#N)CC1. The maximum atomic E-state index is 12.8. The number of hydrogen-bond acceptors (Lipinski definition) is 3. The van der Waals surface area contributed by atoms with E-state index in [1.54, 1.807) is 0 Å². The molecule has 3 fully saturated rings. The van der Waals surface area contributed by atoms with Gasteiger partial charge in [-0.2, -0.15) is 5.26 Å². The first kappa shape index (κ1) is 20.0. The Morgan fingerprint density at radius 1 is 1.04 bits per heavy atom. The van der Waals surface area contributed by atoms with Gasteiger partial charge in [0.25, 0.3) is 0 Å². The van der Waals surface area contributed by atoms with Crippen LogP contribution in [0.25, 0.3) is 0 Å². The van der Waals surface area contributed by atoms with Crippen LogP contribution in [-0.2, 0) is 4.79 Å². The Balaban J connectivity index is 1.54. The zero-order valence-corrected chi connectivity index (χ0v) is 16.9. The van der Waals surface area contributed by atoms with E-state index in [-0.39, 0.29) is 17.9 Å². The number of carbonyl (C=O) groups is 2. The third-order valence-electron chi connectivity index (χ3n) is 6.67. The number of amides is 3. The number of urea groups is 1. The maximum absolute atomic E-state index is 12.8. The highest BCUT2D eigenvalue weighted by atomic mass is 16.2. The van der Waals surface area contributed by atoms with Crippen LogP contribution in [0.3, 0.4) is 0 Å². The number of hydrogen-bond donors (Lipinski definition) is 2. The molecular weight excluding hydrogens is 340 g/mol. The Hall–Kier alpha value is -1.77. The highest BCUT2D eigenvalue weighted by Crippen LogP contribution is 2.44. The van der Waals surface area contributed by atoms with Crippen LogP contribution in [0.5, 0.6) is 0 Å². The van der Waals surface area contributed by atoms with Gasteiger partial charge in [-0.25, -0.2) is 4.79 Å². The lowest BCUT2D eigenvalue weighted by Gasteiger charge is -2.44. The van der Waals surface area contributed by atoms with Gasteiger partial charge in [-0.1, -0.05) is 33.1 Å². The molecule has 1 atom stereocenters. The molecule has 1 aliphatic heterocycles. The molecule has 2 saturated carbocycles. The molecule has 3 rings (SSSR count). The molecule has 0 aromatic heterocycles. The number of likely N-dealkylation sites (tertiary alicyclic amines) is 1. The number of nitrogens with zero attached hydrogens (tertiary/aromatic N) is 2. The minimum atomic E-state index is -0.699. The van der Waals surface area contributed by atoms with Gasteiger partial charge < -0.3 is 15.5 Å². The van der Waals surface area contributed by atoms with Crippen molar-refractivity contribution < 1.29 is 9.59 Å². The number of nitrogens with one attached hydrogen (secondary N) is 2. The molecule has 1 heterocycles. The summed E-state index contributed by atoms with van der Waals surface area (Å²) in [4.78, 5) is 27.3. The fourth-order valence-electron chi connectivity index (χ4n) is 4.64. The van der Waals surface area contributed by atoms with Crippen molar-refractivity contribution in [1.29, 1.82) is 5.26 Å². The molecule has 3 amide bonds. The first-order chi connectivity index (χ1) is 12.9. The van der Waals surface area contributed by atoms with Crippen LogP contribution in [0.1, 0.15) is 78.1 Å². The minimum Gasteiger partial charge on any atom is -0.336 e. The predicted octanol–water partition coefficient (Wildman–Crippen LogP) is 3.33. The highest BCUT2D eigenvalue weighted by Gasteiger charge is 2.46. The lowest BCUT2D eigenvalue weighted by molar-refractivity contribution is -0.124. The average Bonchev–Trinajstić information content (AvgIpc) is 3.42. The molecule has 0 radical (unpaired) electrons. The van der Waals surface area contributed by atoms with Crippen molar-refractivity contribution in [1.82, 2.24) is 15.5 Å². The van der Waals surface area contributed by atoms with Crippen LogP contribution < -0.4 is 10.6 Å². The summed E-state index contributed by atoms with van der Waals surface area (Å²) >= 11 is 0. The second-order valence-electron chi connectivity index (χ2n) is 9.36. The summed E-state index contributed by atoms with van der Waals surface area (Å²) in [5.74, 6) is 0.0574. The summed E-state index contributed by atoms with van der Waals surface area (Å²) in [6, 6.07) is 1.48. The standard InChI is InChI=1S/C21H34N4O2/c1-16(2)14-17(18(26)24-21(15-22)8-9-21)23-19(27)25-12-10-20(11-13-25)6-4-3-5-7-20/h16-17H,3-14H2,1-2H3,(H,23,27)(H,24,26). The Bertz CT molecular complexity index is 590. The molecule has 0 aromatic rings. The smallest absolute Gasteiger partial charge is 0.318 e. The molecule has 1 spiro atoms. The van der Waals surface area contributed by atoms with Gasteiger partial charge >= 0.3 is 6.03 Å². The van der Waals surface area contributed by atoms with E-state index >= 15 is 0 Å². The van der Waals surface area contributed by atoms with Gasteiger partial charge in [-0.3, -0.25) is 4.79 Å². The Kier molecular flexibility index (Phi) is 5.98. The van der Waals surface area contributed by atoms with E-state index in [1.807, 2.05) is 18.7 Å². The molecule has 6 nitrogen and oxygen atoms in total. The van der Waals surface area contributed by atoms with Crippen molar-refractivity contribution in [2.24, 2.45) is 11.3 Å². The maximum Gasteiger partial charge on any atom is 0.318 e. The second-order valence-corrected chi connectivity index (χ2v) is 9.36. The Labute approximate surface area is 163 Å². The van der Waals surface area contributed by atoms with E-state index in [4.69, 9.17) is 0 Å². The molecule has 2 aliphatic carbocycles. The molecule has 1 saturated heterocycles. The molecular formula is C21H34N4O2. The summed E-state index contributed by atoms with van der Waals surface area (Å²) in [5.41, 5.74) is -0.246. The molecule has 150 valence electrons. The van der Waals surface area contributed by atoms with E-state index in [0.717, 1.165) is 25.9 Å². The van der Waals surface area contributed by atoms with Crippen LogP contribution in [-0.4, -0.2) is 41.5 Å². The van der Waals surface area contributed by atoms with Crippen LogP contribution in [0.2, 0.25) is 0 Å². The van der Waals surface area contributed by atoms with Crippen LogP contribution in [0.4, 0.5) is 4.79 Å². The van der Waals surface area contributed by atoms with E-state index < -0.39 is 11.6 Å². The number of piperidine rings is 1. The molecule has 1 unspecified atom stereocenters. The molecule has 0 aromatic carbocycles. The zero-order chi connectivity index (χ0) is 19.5. The van der Waals surface area contributed by atoms with Gasteiger partial charge in [0.2, 0.25) is 5.91 Å². The van der Waals surface area contributed by atoms with E-state index in [9.17, 15) is 14.9 Å². The minimum absolute atomic E-state index is 0.136. The summed E-state index contributed by atoms with van der Waals surface area (Å²) < 4.78 is 0. The quantitative estimate of drug-likeness (QED) is 0.774. The van der Waals surface area contributed by atoms with Crippen LogP contribution in [0, 0.1) is 22.7 Å². The van der Waals surface area contributed by atoms with E-state index in [0.29, 0.717) is 24.7 Å². The third-order valence-corrected chi connectivity index (χ3v) is 6.67. The first-order valence-corrected chi connectivity index (χ1v) is 10.7. The van der Waals surface area contributed by atoms with Crippen molar-refractivity contribution in [2.75, 3.05) is 13.1 Å². The van der Waals surface area contributed by atoms with Gasteiger partial charge in [0.1, 0.15) is 11.6 Å². The average molecular weight is 375 g/mol. The zero-order valence-electron chi connectivity index (χ0n) is 16.9. The summed E-state index contributed by atoms with van der Waals surface area (Å²) in [5, 5.41) is 15.0. The van der Waals surface area contributed by atoms with E-state index in [1.165, 1.54) is 32.1 Å². The van der Waals surface area contributed by atoms with Gasteiger partial charge in [0, 0.05) is 13.1 Å². The third kappa shape index (κ3) is 4.94. The van der Waals surface area contributed by atoms with Gasteiger partial charge in [0.15, 0.2) is 0 Å². The molecule has 0 bridgehead atoms. The van der Waals surface area contributed by atoms with Crippen molar-refractivity contribution in [3.8, 4) is 6.07 Å².